The number of hydrogen-bond donors (Lipinski definition) is 0. The first kappa shape index (κ1) is 15.7. The van der Waals surface area contributed by atoms with Crippen LogP contribution in [0, 0.1) is 5.82 Å². The smallest absolute Gasteiger partial charge is 0.270 e. The lowest BCUT2D eigenvalue weighted by Gasteiger charge is -2.17. The Balaban J connectivity index is 1.97. The van der Waals surface area contributed by atoms with Gasteiger partial charge in [0.05, 0.1) is 17.7 Å². The summed E-state index contributed by atoms with van der Waals surface area (Å²) >= 11 is 6.51. The Labute approximate surface area is 142 Å². The van der Waals surface area contributed by atoms with Gasteiger partial charge in [0.15, 0.2) is 4.32 Å². The Morgan fingerprint density at radius 3 is 2.74 bits per heavy atom. The first-order chi connectivity index (χ1) is 11.1. The molecule has 0 aliphatic carbocycles. The Morgan fingerprint density at radius 2 is 2.00 bits per heavy atom. The number of carbonyl (C=O) groups excluding carboxylic acids is 1. The minimum atomic E-state index is -0.348. The van der Waals surface area contributed by atoms with Gasteiger partial charge >= 0.3 is 0 Å². The van der Waals surface area contributed by atoms with Crippen molar-refractivity contribution in [3.05, 3.63) is 64.8 Å². The van der Waals surface area contributed by atoms with Crippen molar-refractivity contribution < 1.29 is 13.9 Å². The zero-order valence-electron chi connectivity index (χ0n) is 12.2. The largest absolute Gasteiger partial charge is 0.495 e. The van der Waals surface area contributed by atoms with Crippen molar-refractivity contribution in [3.63, 3.8) is 0 Å². The van der Waals surface area contributed by atoms with Crippen LogP contribution >= 0.6 is 24.0 Å². The summed E-state index contributed by atoms with van der Waals surface area (Å²) in [6.45, 7) is 0. The number of amides is 1. The summed E-state index contributed by atoms with van der Waals surface area (Å²) in [7, 11) is 1.54. The molecule has 0 saturated carbocycles. The number of ether oxygens (including phenoxy) is 1. The van der Waals surface area contributed by atoms with Gasteiger partial charge in [0.2, 0.25) is 0 Å². The highest BCUT2D eigenvalue weighted by Gasteiger charge is 2.34. The zero-order valence-corrected chi connectivity index (χ0v) is 13.8. The van der Waals surface area contributed by atoms with E-state index in [1.165, 1.54) is 28.8 Å². The second-order valence-corrected chi connectivity index (χ2v) is 6.42. The fourth-order valence-electron chi connectivity index (χ4n) is 2.24. The van der Waals surface area contributed by atoms with Gasteiger partial charge in [-0.25, -0.2) is 4.39 Å². The number of methoxy groups -OCH3 is 1. The van der Waals surface area contributed by atoms with E-state index < -0.39 is 0 Å². The maximum absolute atomic E-state index is 13.3. The molecule has 6 heteroatoms. The second kappa shape index (κ2) is 6.52. The third kappa shape index (κ3) is 3.13. The summed E-state index contributed by atoms with van der Waals surface area (Å²) in [5, 5.41) is 0. The molecule has 1 amide bonds. The van der Waals surface area contributed by atoms with E-state index >= 15 is 0 Å². The summed E-state index contributed by atoms with van der Waals surface area (Å²) in [5.41, 5.74) is 1.21. The van der Waals surface area contributed by atoms with Gasteiger partial charge in [0.1, 0.15) is 11.6 Å². The molecule has 0 N–H and O–H groups in total. The van der Waals surface area contributed by atoms with Gasteiger partial charge in [-0.1, -0.05) is 48.2 Å². The predicted octanol–water partition coefficient (Wildman–Crippen LogP) is 4.24. The molecule has 2 aromatic rings. The molecule has 1 saturated heterocycles. The maximum atomic E-state index is 13.3. The van der Waals surface area contributed by atoms with E-state index in [1.807, 2.05) is 12.1 Å². The van der Waals surface area contributed by atoms with E-state index in [-0.39, 0.29) is 11.7 Å². The molecule has 1 heterocycles. The van der Waals surface area contributed by atoms with Crippen molar-refractivity contribution in [3.8, 4) is 5.75 Å². The lowest BCUT2D eigenvalue weighted by atomic mass is 10.2. The Morgan fingerprint density at radius 1 is 1.22 bits per heavy atom. The quantitative estimate of drug-likeness (QED) is 0.615. The Kier molecular flexibility index (Phi) is 4.45. The average Bonchev–Trinajstić information content (AvgIpc) is 2.81. The number of anilines is 1. The van der Waals surface area contributed by atoms with Crippen LogP contribution in [-0.2, 0) is 4.79 Å². The lowest BCUT2D eigenvalue weighted by molar-refractivity contribution is -0.113. The minimum Gasteiger partial charge on any atom is -0.495 e. The third-order valence-corrected chi connectivity index (χ3v) is 4.57. The van der Waals surface area contributed by atoms with Crippen molar-refractivity contribution in [1.82, 2.24) is 0 Å². The van der Waals surface area contributed by atoms with E-state index in [1.54, 1.807) is 37.5 Å². The number of thioether (sulfide) groups is 1. The highest BCUT2D eigenvalue weighted by Crippen LogP contribution is 2.39. The lowest BCUT2D eigenvalue weighted by Crippen LogP contribution is -2.27. The van der Waals surface area contributed by atoms with Gasteiger partial charge in [-0.05, 0) is 35.9 Å². The molecule has 1 aliphatic heterocycles. The molecule has 0 aromatic heterocycles. The van der Waals surface area contributed by atoms with E-state index in [9.17, 15) is 9.18 Å². The van der Waals surface area contributed by atoms with E-state index in [0.717, 1.165) is 0 Å². The molecule has 23 heavy (non-hydrogen) atoms. The van der Waals surface area contributed by atoms with Gasteiger partial charge in [0, 0.05) is 0 Å². The number of thiocarbonyl (C=S) groups is 1. The summed E-state index contributed by atoms with van der Waals surface area (Å²) < 4.78 is 19.0. The predicted molar refractivity (Wildman–Crippen MR) is 95.0 cm³/mol. The number of para-hydroxylation sites is 2. The van der Waals surface area contributed by atoms with Crippen molar-refractivity contribution in [2.45, 2.75) is 0 Å². The molecule has 0 radical (unpaired) electrons. The molecule has 1 aliphatic rings. The fourth-order valence-corrected chi connectivity index (χ4v) is 3.52. The van der Waals surface area contributed by atoms with Crippen molar-refractivity contribution >= 4 is 46.0 Å². The van der Waals surface area contributed by atoms with Crippen LogP contribution in [0.25, 0.3) is 6.08 Å². The van der Waals surface area contributed by atoms with Gasteiger partial charge in [-0.15, -0.1) is 0 Å². The summed E-state index contributed by atoms with van der Waals surface area (Å²) in [5.74, 6) is -0.0245. The summed E-state index contributed by atoms with van der Waals surface area (Å²) in [6.07, 6.45) is 1.64. The van der Waals surface area contributed by atoms with Crippen LogP contribution in [0.3, 0.4) is 0 Å². The van der Waals surface area contributed by atoms with Crippen molar-refractivity contribution in [2.75, 3.05) is 12.0 Å². The van der Waals surface area contributed by atoms with Crippen LogP contribution < -0.4 is 9.64 Å². The molecule has 1 fully saturated rings. The third-order valence-electron chi connectivity index (χ3n) is 3.27. The molecule has 0 atom stereocenters. The molecule has 3 nitrogen and oxygen atoms in total. The van der Waals surface area contributed by atoms with E-state index in [2.05, 4.69) is 0 Å². The number of halogens is 1. The number of carbonyl (C=O) groups is 1. The topological polar surface area (TPSA) is 29.5 Å². The van der Waals surface area contributed by atoms with Crippen molar-refractivity contribution in [2.24, 2.45) is 0 Å². The monoisotopic (exact) mass is 345 g/mol. The molecule has 116 valence electrons. The van der Waals surface area contributed by atoms with E-state index in [4.69, 9.17) is 17.0 Å². The normalized spacial score (nSPS) is 16.3. The van der Waals surface area contributed by atoms with Crippen LogP contribution in [0.15, 0.2) is 53.4 Å². The number of nitrogens with zero attached hydrogens (tertiary/aromatic N) is 1. The fraction of sp³-hybridized carbons (Fsp3) is 0.0588. The maximum Gasteiger partial charge on any atom is 0.270 e. The molecular weight excluding hydrogens is 333 g/mol. The van der Waals surface area contributed by atoms with Gasteiger partial charge < -0.3 is 4.74 Å². The number of rotatable bonds is 3. The molecule has 0 unspecified atom stereocenters. The van der Waals surface area contributed by atoms with Gasteiger partial charge in [-0.2, -0.15) is 0 Å². The SMILES string of the molecule is COc1ccccc1N1C(=O)C(=Cc2cccc(F)c2)SC1=S. The molecule has 0 bridgehead atoms. The first-order valence-corrected chi connectivity index (χ1v) is 7.99. The molecule has 2 aromatic carbocycles. The highest BCUT2D eigenvalue weighted by atomic mass is 32.2. The van der Waals surface area contributed by atoms with Crippen LogP contribution in [0.2, 0.25) is 0 Å². The number of hydrogen-bond acceptors (Lipinski definition) is 4. The van der Waals surface area contributed by atoms with Gasteiger partial charge in [0.25, 0.3) is 5.91 Å². The first-order valence-electron chi connectivity index (χ1n) is 6.76. The van der Waals surface area contributed by atoms with E-state index in [0.29, 0.717) is 26.2 Å². The summed E-state index contributed by atoms with van der Waals surface area (Å²) in [6, 6.07) is 13.2. The zero-order chi connectivity index (χ0) is 16.4. The van der Waals surface area contributed by atoms with Gasteiger partial charge in [-0.3, -0.25) is 9.69 Å². The van der Waals surface area contributed by atoms with Crippen molar-refractivity contribution in [1.29, 1.82) is 0 Å². The van der Waals surface area contributed by atoms with Crippen LogP contribution in [0.5, 0.6) is 5.75 Å². The van der Waals surface area contributed by atoms with Crippen LogP contribution in [0.1, 0.15) is 5.56 Å². The summed E-state index contributed by atoms with van der Waals surface area (Å²) in [4.78, 5) is 14.6. The van der Waals surface area contributed by atoms with Crippen LogP contribution in [-0.4, -0.2) is 17.3 Å². The minimum absolute atomic E-state index is 0.242. The average molecular weight is 345 g/mol. The molecule has 0 spiro atoms. The second-order valence-electron chi connectivity index (χ2n) is 4.74. The molecule has 3 rings (SSSR count). The number of benzene rings is 2. The van der Waals surface area contributed by atoms with Crippen LogP contribution in [0.4, 0.5) is 10.1 Å². The molecular formula is C17H12FNO2S2. The standard InChI is InChI=1S/C17H12FNO2S2/c1-21-14-8-3-2-7-13(14)19-16(20)15(23-17(19)22)10-11-5-4-6-12(18)9-11/h2-10H,1H3. The Hall–Kier alpha value is -2.18. The Bertz CT molecular complexity index is 820. The highest BCUT2D eigenvalue weighted by molar-refractivity contribution is 8.27.